The van der Waals surface area contributed by atoms with E-state index in [2.05, 4.69) is 10.2 Å². The number of non-ortho nitro benzene ring substituents is 1. The molecule has 3 aromatic carbocycles. The molecule has 0 aromatic heterocycles. The van der Waals surface area contributed by atoms with Crippen LogP contribution < -0.4 is 4.74 Å². The number of esters is 1. The van der Waals surface area contributed by atoms with Gasteiger partial charge in [-0.3, -0.25) is 10.1 Å². The molecule has 0 aliphatic carbocycles. The van der Waals surface area contributed by atoms with Gasteiger partial charge in [-0.15, -0.1) is 0 Å². The van der Waals surface area contributed by atoms with E-state index in [4.69, 9.17) is 4.74 Å². The summed E-state index contributed by atoms with van der Waals surface area (Å²) >= 11 is 0. The fraction of sp³-hybridized carbons (Fsp3) is 0. The minimum Gasteiger partial charge on any atom is -0.423 e. The summed E-state index contributed by atoms with van der Waals surface area (Å²) in [5.74, 6) is 0.00879. The molecule has 7 heteroatoms. The van der Waals surface area contributed by atoms with E-state index >= 15 is 0 Å². The standard InChI is InChI=1S/C19H13N3O4/c23-19(26-18-4-2-1-3-5-18)14-6-8-15(9-7-14)20-21-16-10-12-17(13-11-16)22(24)25/h1-13H. The van der Waals surface area contributed by atoms with E-state index < -0.39 is 10.9 Å². The molecule has 0 atom stereocenters. The van der Waals surface area contributed by atoms with Gasteiger partial charge in [0.2, 0.25) is 0 Å². The number of nitrogens with zero attached hydrogens (tertiary/aromatic N) is 3. The second-order valence-corrected chi connectivity index (χ2v) is 5.22. The predicted octanol–water partition coefficient (Wildman–Crippen LogP) is 5.23. The van der Waals surface area contributed by atoms with Gasteiger partial charge in [-0.1, -0.05) is 18.2 Å². The Balaban J connectivity index is 1.65. The number of azo groups is 1. The highest BCUT2D eigenvalue weighted by Crippen LogP contribution is 2.22. The van der Waals surface area contributed by atoms with Crippen molar-refractivity contribution in [2.75, 3.05) is 0 Å². The van der Waals surface area contributed by atoms with Crippen LogP contribution in [0.5, 0.6) is 5.75 Å². The van der Waals surface area contributed by atoms with Crippen LogP contribution in [0.1, 0.15) is 10.4 Å². The molecule has 0 aliphatic rings. The first-order valence-electron chi connectivity index (χ1n) is 7.65. The maximum absolute atomic E-state index is 12.1. The van der Waals surface area contributed by atoms with Crippen molar-refractivity contribution < 1.29 is 14.5 Å². The van der Waals surface area contributed by atoms with Crippen molar-refractivity contribution in [1.82, 2.24) is 0 Å². The van der Waals surface area contributed by atoms with Gasteiger partial charge in [-0.05, 0) is 48.5 Å². The highest BCUT2D eigenvalue weighted by molar-refractivity contribution is 5.91. The Bertz CT molecular complexity index is 937. The van der Waals surface area contributed by atoms with E-state index in [1.165, 1.54) is 24.3 Å². The first-order valence-corrected chi connectivity index (χ1v) is 7.65. The number of hydrogen-bond acceptors (Lipinski definition) is 6. The summed E-state index contributed by atoms with van der Waals surface area (Å²) in [6.45, 7) is 0. The van der Waals surface area contributed by atoms with Crippen LogP contribution in [-0.4, -0.2) is 10.9 Å². The highest BCUT2D eigenvalue weighted by Gasteiger charge is 2.08. The van der Waals surface area contributed by atoms with Crippen LogP contribution in [-0.2, 0) is 0 Å². The second kappa shape index (κ2) is 7.80. The van der Waals surface area contributed by atoms with Gasteiger partial charge in [-0.2, -0.15) is 10.2 Å². The lowest BCUT2D eigenvalue weighted by molar-refractivity contribution is -0.384. The summed E-state index contributed by atoms with van der Waals surface area (Å²) in [7, 11) is 0. The Morgan fingerprint density at radius 2 is 1.35 bits per heavy atom. The van der Waals surface area contributed by atoms with Gasteiger partial charge in [0.05, 0.1) is 21.9 Å². The number of rotatable bonds is 5. The molecule has 3 rings (SSSR count). The molecule has 0 bridgehead atoms. The molecule has 26 heavy (non-hydrogen) atoms. The molecule has 3 aromatic rings. The Hall–Kier alpha value is -3.87. The molecular weight excluding hydrogens is 334 g/mol. The molecular formula is C19H13N3O4. The maximum atomic E-state index is 12.1. The van der Waals surface area contributed by atoms with E-state index in [0.29, 0.717) is 22.7 Å². The minimum atomic E-state index is -0.478. The van der Waals surface area contributed by atoms with Crippen molar-refractivity contribution in [3.8, 4) is 5.75 Å². The minimum absolute atomic E-state index is 0.00905. The van der Waals surface area contributed by atoms with Crippen molar-refractivity contribution in [3.63, 3.8) is 0 Å². The van der Waals surface area contributed by atoms with E-state index in [9.17, 15) is 14.9 Å². The second-order valence-electron chi connectivity index (χ2n) is 5.22. The van der Waals surface area contributed by atoms with Gasteiger partial charge in [0.25, 0.3) is 5.69 Å². The first kappa shape index (κ1) is 17.0. The maximum Gasteiger partial charge on any atom is 0.343 e. The highest BCUT2D eigenvalue weighted by atomic mass is 16.6. The summed E-state index contributed by atoms with van der Waals surface area (Å²) in [5.41, 5.74) is 1.41. The quantitative estimate of drug-likeness (QED) is 0.208. The number of benzene rings is 3. The summed E-state index contributed by atoms with van der Waals surface area (Å²) in [6, 6.07) is 21.0. The number of ether oxygens (including phenoxy) is 1. The van der Waals surface area contributed by atoms with Crippen LogP contribution in [0.15, 0.2) is 89.1 Å². The van der Waals surface area contributed by atoms with Crippen molar-refractivity contribution in [3.05, 3.63) is 94.5 Å². The van der Waals surface area contributed by atoms with Crippen LogP contribution in [0.3, 0.4) is 0 Å². The average molecular weight is 347 g/mol. The zero-order valence-electron chi connectivity index (χ0n) is 13.5. The molecule has 128 valence electrons. The van der Waals surface area contributed by atoms with Gasteiger partial charge < -0.3 is 4.74 Å². The molecule has 0 radical (unpaired) electrons. The van der Waals surface area contributed by atoms with Crippen molar-refractivity contribution in [1.29, 1.82) is 0 Å². The van der Waals surface area contributed by atoms with Gasteiger partial charge in [-0.25, -0.2) is 4.79 Å². The number of carbonyl (C=O) groups is 1. The molecule has 0 amide bonds. The molecule has 0 unspecified atom stereocenters. The SMILES string of the molecule is O=C(Oc1ccccc1)c1ccc(N=Nc2ccc([N+](=O)[O-])cc2)cc1. The van der Waals surface area contributed by atoms with Crippen LogP contribution in [0.2, 0.25) is 0 Å². The van der Waals surface area contributed by atoms with E-state index in [0.717, 1.165) is 0 Å². The molecule has 0 aliphatic heterocycles. The normalized spacial score (nSPS) is 10.6. The third-order valence-corrected chi connectivity index (χ3v) is 3.40. The lowest BCUT2D eigenvalue weighted by Crippen LogP contribution is -2.07. The summed E-state index contributed by atoms with van der Waals surface area (Å²) in [4.78, 5) is 22.2. The third-order valence-electron chi connectivity index (χ3n) is 3.40. The number of nitro benzene ring substituents is 1. The van der Waals surface area contributed by atoms with Crippen molar-refractivity contribution in [2.45, 2.75) is 0 Å². The largest absolute Gasteiger partial charge is 0.423 e. The van der Waals surface area contributed by atoms with Crippen LogP contribution in [0, 0.1) is 10.1 Å². The summed E-state index contributed by atoms with van der Waals surface area (Å²) < 4.78 is 5.25. The molecule has 0 saturated heterocycles. The molecule has 0 spiro atoms. The molecule has 0 heterocycles. The van der Waals surface area contributed by atoms with Crippen molar-refractivity contribution in [2.24, 2.45) is 10.2 Å². The number of carbonyl (C=O) groups excluding carboxylic acids is 1. The fourth-order valence-electron chi connectivity index (χ4n) is 2.08. The smallest absolute Gasteiger partial charge is 0.343 e. The Kier molecular flexibility index (Phi) is 5.09. The van der Waals surface area contributed by atoms with E-state index in [-0.39, 0.29) is 5.69 Å². The summed E-state index contributed by atoms with van der Waals surface area (Å²) in [6.07, 6.45) is 0. The molecule has 0 saturated carbocycles. The van der Waals surface area contributed by atoms with Gasteiger partial charge in [0, 0.05) is 12.1 Å². The zero-order chi connectivity index (χ0) is 18.4. The van der Waals surface area contributed by atoms with Crippen molar-refractivity contribution >= 4 is 23.0 Å². The monoisotopic (exact) mass is 347 g/mol. The first-order chi connectivity index (χ1) is 12.6. The molecule has 7 nitrogen and oxygen atoms in total. The zero-order valence-corrected chi connectivity index (χ0v) is 13.5. The van der Waals surface area contributed by atoms with Gasteiger partial charge >= 0.3 is 5.97 Å². The third kappa shape index (κ3) is 4.35. The Labute approximate surface area is 148 Å². The fourth-order valence-corrected chi connectivity index (χ4v) is 2.08. The van der Waals surface area contributed by atoms with E-state index in [1.807, 2.05) is 6.07 Å². The number of hydrogen-bond donors (Lipinski definition) is 0. The number of nitro groups is 1. The van der Waals surface area contributed by atoms with Gasteiger partial charge in [0.15, 0.2) is 0 Å². The molecule has 0 fully saturated rings. The lowest BCUT2D eigenvalue weighted by Gasteiger charge is -2.03. The van der Waals surface area contributed by atoms with Gasteiger partial charge in [0.1, 0.15) is 5.75 Å². The molecule has 0 N–H and O–H groups in total. The van der Waals surface area contributed by atoms with E-state index in [1.54, 1.807) is 48.5 Å². The number of para-hydroxylation sites is 1. The Morgan fingerprint density at radius 1 is 0.808 bits per heavy atom. The van der Waals surface area contributed by atoms with Crippen LogP contribution >= 0.6 is 0 Å². The average Bonchev–Trinajstić information content (AvgIpc) is 2.68. The van der Waals surface area contributed by atoms with Crippen LogP contribution in [0.25, 0.3) is 0 Å². The summed E-state index contributed by atoms with van der Waals surface area (Å²) in [5, 5.41) is 18.7. The predicted molar refractivity (Wildman–Crippen MR) is 95.1 cm³/mol. The Morgan fingerprint density at radius 3 is 1.88 bits per heavy atom. The lowest BCUT2D eigenvalue weighted by atomic mass is 10.2. The van der Waals surface area contributed by atoms with Crippen LogP contribution in [0.4, 0.5) is 17.1 Å². The topological polar surface area (TPSA) is 94.2 Å².